The zero-order chi connectivity index (χ0) is 22.4. The van der Waals surface area contributed by atoms with Crippen molar-refractivity contribution in [1.82, 2.24) is 0 Å². The van der Waals surface area contributed by atoms with Crippen LogP contribution in [0.15, 0.2) is 72.3 Å². The van der Waals surface area contributed by atoms with Crippen LogP contribution in [0.2, 0.25) is 0 Å². The Bertz CT molecular complexity index is 958. The first kappa shape index (κ1) is 22.5. The number of hydrogen-bond donors (Lipinski definition) is 1. The van der Waals surface area contributed by atoms with E-state index in [-0.39, 0.29) is 12.2 Å². The Kier molecular flexibility index (Phi) is 7.44. The third-order valence-electron chi connectivity index (χ3n) is 4.62. The largest absolute Gasteiger partial charge is 0.457 e. The summed E-state index contributed by atoms with van der Waals surface area (Å²) in [5.74, 6) is -1.96. The van der Waals surface area contributed by atoms with E-state index < -0.39 is 41.6 Å². The van der Waals surface area contributed by atoms with Gasteiger partial charge < -0.3 is 19.3 Å². The maximum atomic E-state index is 12.5. The fraction of sp³-hybridized carbons (Fsp3) is 0.261. The van der Waals surface area contributed by atoms with Crippen LogP contribution in [0.5, 0.6) is 0 Å². The Morgan fingerprint density at radius 2 is 1.45 bits per heavy atom. The summed E-state index contributed by atoms with van der Waals surface area (Å²) in [4.78, 5) is 36.5. The summed E-state index contributed by atoms with van der Waals surface area (Å²) >= 11 is 6.22. The zero-order valence-corrected chi connectivity index (χ0v) is 17.4. The molecule has 1 aliphatic rings. The van der Waals surface area contributed by atoms with Crippen LogP contribution < -0.4 is 0 Å². The molecule has 0 aromatic heterocycles. The second kappa shape index (κ2) is 10.2. The molecule has 162 valence electrons. The molecule has 0 spiro atoms. The van der Waals surface area contributed by atoms with E-state index in [9.17, 15) is 19.5 Å². The Hall–Kier alpha value is -3.16. The summed E-state index contributed by atoms with van der Waals surface area (Å²) < 4.78 is 16.1. The van der Waals surface area contributed by atoms with E-state index in [4.69, 9.17) is 25.8 Å². The van der Waals surface area contributed by atoms with Crippen LogP contribution in [0.3, 0.4) is 0 Å². The van der Waals surface area contributed by atoms with Gasteiger partial charge in [-0.25, -0.2) is 9.59 Å². The molecule has 0 saturated carbocycles. The summed E-state index contributed by atoms with van der Waals surface area (Å²) in [6.07, 6.45) is -2.36. The maximum Gasteiger partial charge on any atom is 0.338 e. The predicted octanol–water partition coefficient (Wildman–Crippen LogP) is 2.91. The van der Waals surface area contributed by atoms with Crippen molar-refractivity contribution < 1.29 is 33.7 Å². The Morgan fingerprint density at radius 3 is 2.00 bits per heavy atom. The average Bonchev–Trinajstić information content (AvgIpc) is 2.78. The highest BCUT2D eigenvalue weighted by molar-refractivity contribution is 6.22. The van der Waals surface area contributed by atoms with Gasteiger partial charge in [0.25, 0.3) is 0 Å². The molecule has 0 fully saturated rings. The van der Waals surface area contributed by atoms with Gasteiger partial charge in [-0.1, -0.05) is 42.5 Å². The van der Waals surface area contributed by atoms with Crippen molar-refractivity contribution in [2.45, 2.75) is 30.6 Å². The predicted molar refractivity (Wildman–Crippen MR) is 112 cm³/mol. The number of benzene rings is 2. The summed E-state index contributed by atoms with van der Waals surface area (Å²) in [6.45, 7) is 0.920. The monoisotopic (exact) mass is 444 g/mol. The Labute approximate surface area is 184 Å². The first-order chi connectivity index (χ1) is 14.9. The van der Waals surface area contributed by atoms with Gasteiger partial charge in [0.1, 0.15) is 12.7 Å². The highest BCUT2D eigenvalue weighted by Gasteiger charge is 2.44. The van der Waals surface area contributed by atoms with Crippen LogP contribution >= 0.6 is 11.6 Å². The minimum absolute atomic E-state index is 0.258. The lowest BCUT2D eigenvalue weighted by molar-refractivity contribution is -0.155. The van der Waals surface area contributed by atoms with E-state index >= 15 is 0 Å². The van der Waals surface area contributed by atoms with E-state index in [1.165, 1.54) is 13.0 Å². The lowest BCUT2D eigenvalue weighted by Crippen LogP contribution is -2.51. The van der Waals surface area contributed by atoms with Gasteiger partial charge in [-0.15, -0.1) is 11.6 Å². The lowest BCUT2D eigenvalue weighted by Gasteiger charge is -2.36. The van der Waals surface area contributed by atoms with Gasteiger partial charge in [0, 0.05) is 12.5 Å². The molecule has 0 radical (unpaired) electrons. The molecule has 4 unspecified atom stereocenters. The number of halogens is 1. The minimum Gasteiger partial charge on any atom is -0.457 e. The molecule has 31 heavy (non-hydrogen) atoms. The summed E-state index contributed by atoms with van der Waals surface area (Å²) in [7, 11) is 0. The number of carbonyl (C=O) groups is 3. The fourth-order valence-corrected chi connectivity index (χ4v) is 3.43. The number of rotatable bonds is 6. The molecular formula is C23H21ClO7. The number of esters is 3. The average molecular weight is 445 g/mol. The van der Waals surface area contributed by atoms with Crippen molar-refractivity contribution in [2.24, 2.45) is 0 Å². The van der Waals surface area contributed by atoms with E-state index in [1.54, 1.807) is 60.7 Å². The van der Waals surface area contributed by atoms with Crippen LogP contribution in [0.25, 0.3) is 0 Å². The number of ether oxygens (including phenoxy) is 3. The molecule has 3 rings (SSSR count). The molecule has 0 bridgehead atoms. The normalized spacial score (nSPS) is 22.7. The Morgan fingerprint density at radius 1 is 0.903 bits per heavy atom. The molecule has 1 N–H and O–H groups in total. The molecular weight excluding hydrogens is 424 g/mol. The van der Waals surface area contributed by atoms with Crippen molar-refractivity contribution in [1.29, 1.82) is 0 Å². The van der Waals surface area contributed by atoms with Crippen molar-refractivity contribution in [2.75, 3.05) is 6.61 Å². The van der Waals surface area contributed by atoms with Crippen molar-refractivity contribution in [3.05, 3.63) is 83.4 Å². The van der Waals surface area contributed by atoms with Gasteiger partial charge in [-0.3, -0.25) is 4.79 Å². The number of aliphatic hydroxyl groups excluding tert-OH is 1. The van der Waals surface area contributed by atoms with E-state index in [2.05, 4.69) is 0 Å². The molecule has 0 saturated heterocycles. The van der Waals surface area contributed by atoms with Gasteiger partial charge in [0.2, 0.25) is 0 Å². The van der Waals surface area contributed by atoms with E-state index in [0.717, 1.165) is 0 Å². The van der Waals surface area contributed by atoms with Crippen LogP contribution in [0.4, 0.5) is 0 Å². The third-order valence-corrected chi connectivity index (χ3v) is 5.01. The van der Waals surface area contributed by atoms with Gasteiger partial charge in [-0.05, 0) is 24.3 Å². The molecule has 0 heterocycles. The van der Waals surface area contributed by atoms with Gasteiger partial charge in [-0.2, -0.15) is 0 Å². The highest BCUT2D eigenvalue weighted by Crippen LogP contribution is 2.29. The van der Waals surface area contributed by atoms with Crippen LogP contribution in [0.1, 0.15) is 27.6 Å². The third kappa shape index (κ3) is 5.71. The molecule has 2 aromatic carbocycles. The van der Waals surface area contributed by atoms with Gasteiger partial charge >= 0.3 is 17.9 Å². The fourth-order valence-electron chi connectivity index (χ4n) is 3.12. The van der Waals surface area contributed by atoms with Gasteiger partial charge in [0.15, 0.2) is 12.2 Å². The summed E-state index contributed by atoms with van der Waals surface area (Å²) in [5.41, 5.74) is 0.905. The summed E-state index contributed by atoms with van der Waals surface area (Å²) in [5, 5.41) is 9.58. The van der Waals surface area contributed by atoms with Crippen LogP contribution in [-0.4, -0.2) is 53.3 Å². The zero-order valence-electron chi connectivity index (χ0n) is 16.6. The van der Waals surface area contributed by atoms with Gasteiger partial charge in [0.05, 0.1) is 16.5 Å². The van der Waals surface area contributed by atoms with Crippen molar-refractivity contribution in [3.63, 3.8) is 0 Å². The molecule has 8 heteroatoms. The maximum absolute atomic E-state index is 12.5. The molecule has 1 aliphatic carbocycles. The molecule has 4 atom stereocenters. The SMILES string of the molecule is CC(=O)OC1C(COC(=O)c2ccccc2)=CC(Cl)C(O)C1OC(=O)c1ccccc1. The lowest BCUT2D eigenvalue weighted by atomic mass is 9.91. The first-order valence-corrected chi connectivity index (χ1v) is 9.98. The molecule has 0 aliphatic heterocycles. The molecule has 2 aromatic rings. The quantitative estimate of drug-likeness (QED) is 0.316. The van der Waals surface area contributed by atoms with E-state index in [0.29, 0.717) is 11.1 Å². The highest BCUT2D eigenvalue weighted by atomic mass is 35.5. The first-order valence-electron chi connectivity index (χ1n) is 9.55. The number of hydrogen-bond acceptors (Lipinski definition) is 7. The topological polar surface area (TPSA) is 99.1 Å². The summed E-state index contributed by atoms with van der Waals surface area (Å²) in [6, 6.07) is 16.5. The second-order valence-corrected chi connectivity index (χ2v) is 7.39. The second-order valence-electron chi connectivity index (χ2n) is 6.88. The molecule has 0 amide bonds. The number of carbonyl (C=O) groups excluding carboxylic acids is 3. The molecule has 7 nitrogen and oxygen atoms in total. The standard InChI is InChI=1S/C23H21ClO7/c1-14(25)30-20-17(13-29-22(27)15-8-4-2-5-9-15)12-18(24)19(26)21(20)31-23(28)16-10-6-3-7-11-16/h2-12,18-21,26H,13H2,1H3. The van der Waals surface area contributed by atoms with Crippen LogP contribution in [0, 0.1) is 0 Å². The Balaban J connectivity index is 1.80. The smallest absolute Gasteiger partial charge is 0.338 e. The van der Waals surface area contributed by atoms with Crippen molar-refractivity contribution in [3.8, 4) is 0 Å². The number of aliphatic hydroxyl groups is 1. The number of alkyl halides is 1. The van der Waals surface area contributed by atoms with E-state index in [1.807, 2.05) is 0 Å². The minimum atomic E-state index is -1.34. The van der Waals surface area contributed by atoms with Crippen LogP contribution in [-0.2, 0) is 19.0 Å². The van der Waals surface area contributed by atoms with Crippen molar-refractivity contribution >= 4 is 29.5 Å².